The molecule has 9 rings (SSSR count). The molecular formula is C40H24N6. The van der Waals surface area contributed by atoms with Crippen molar-refractivity contribution in [2.45, 2.75) is 0 Å². The van der Waals surface area contributed by atoms with E-state index >= 15 is 0 Å². The summed E-state index contributed by atoms with van der Waals surface area (Å²) in [5.41, 5.74) is -5.18. The van der Waals surface area contributed by atoms with E-state index in [9.17, 15) is 10.7 Å². The van der Waals surface area contributed by atoms with E-state index in [2.05, 4.69) is 15.0 Å². The van der Waals surface area contributed by atoms with Gasteiger partial charge >= 0.3 is 0 Å². The van der Waals surface area contributed by atoms with Crippen molar-refractivity contribution in [1.82, 2.24) is 24.1 Å². The van der Waals surface area contributed by atoms with Crippen molar-refractivity contribution in [2.24, 2.45) is 0 Å². The maximum atomic E-state index is 10.3. The predicted octanol–water partition coefficient (Wildman–Crippen LogP) is 9.27. The van der Waals surface area contributed by atoms with Crippen LogP contribution in [0.15, 0.2) is 145 Å². The van der Waals surface area contributed by atoms with E-state index in [4.69, 9.17) is 27.4 Å². The van der Waals surface area contributed by atoms with Gasteiger partial charge in [0.05, 0.1) is 66.6 Å². The molecule has 46 heavy (non-hydrogen) atoms. The minimum atomic E-state index is -1.04. The molecule has 214 valence electrons. The van der Waals surface area contributed by atoms with Gasteiger partial charge in [-0.15, -0.1) is 0 Å². The monoisotopic (exact) mass is 612 g/mol. The lowest BCUT2D eigenvalue weighted by Crippen LogP contribution is -2.06. The van der Waals surface area contributed by atoms with Gasteiger partial charge in [0.2, 0.25) is 5.95 Å². The number of rotatable bonds is 4. The molecule has 0 aliphatic rings. The van der Waals surface area contributed by atoms with E-state index < -0.39 is 229 Å². The van der Waals surface area contributed by atoms with Gasteiger partial charge in [-0.3, -0.25) is 4.57 Å². The molecule has 0 fully saturated rings. The molecule has 0 atom stereocenters. The maximum Gasteiger partial charge on any atom is 0.238 e. The van der Waals surface area contributed by atoms with Gasteiger partial charge in [-0.05, 0) is 54.4 Å². The van der Waals surface area contributed by atoms with E-state index in [0.29, 0.717) is 0 Å². The summed E-state index contributed by atoms with van der Waals surface area (Å²) in [4.78, 5) is 13.1. The van der Waals surface area contributed by atoms with Crippen LogP contribution in [0, 0.1) is 11.3 Å². The Kier molecular flexibility index (Phi) is 2.54. The SMILES string of the molecule is [2H]c1c([2H])c([2H])c(-c2nc(-c3c([2H])c([2H])c(-n4c5c([2H])c([2H])c([2H])c([2H])c5c5c([2H])c([2H])c([2H])c([2H])c54)c([2H])c3[2H])nc(-n3c4c([2H])c([2H])c([2H])c([2H])c4c4c(C#N)c([2H])c([2H])c([2H])c43)n2)c([2H])c1[2H]. The second-order valence-electron chi connectivity index (χ2n) is 9.43. The molecule has 0 aliphatic carbocycles. The Balaban J connectivity index is 1.49. The molecule has 9 aromatic rings. The minimum absolute atomic E-state index is 0.433. The number of benzene rings is 6. The first kappa shape index (κ1) is 11.4. The lowest BCUT2D eigenvalue weighted by atomic mass is 10.1. The van der Waals surface area contributed by atoms with Crippen LogP contribution in [-0.2, 0) is 0 Å². The smallest absolute Gasteiger partial charge is 0.238 e. The Bertz CT molecular complexity index is 3890. The summed E-state index contributed by atoms with van der Waals surface area (Å²) in [7, 11) is 0. The van der Waals surface area contributed by atoms with Crippen LogP contribution >= 0.6 is 0 Å². The standard InChI is InChI=1S/C40H24N6/c41-25-28-13-10-20-36-37(28)32-16-6-9-19-35(32)46(36)40-43-38(26-11-2-1-3-12-26)42-39(44-40)27-21-23-29(24-22-27)45-33-17-7-4-14-30(33)31-15-5-8-18-34(31)45/h1-24H/i1D,2D,3D,4D,5D,6D,7D,8D,9D,10D,11D,12D,13D,14D,15D,16D,17D,18D,19D,20D,21D,22D,23D,24D. The minimum Gasteiger partial charge on any atom is -0.309 e. The second-order valence-corrected chi connectivity index (χ2v) is 9.43. The normalized spacial score (nSPS) is 18.8. The van der Waals surface area contributed by atoms with Crippen molar-refractivity contribution in [3.05, 3.63) is 151 Å². The Morgan fingerprint density at radius 2 is 1.00 bits per heavy atom. The van der Waals surface area contributed by atoms with E-state index in [1.807, 2.05) is 0 Å². The van der Waals surface area contributed by atoms with Crippen LogP contribution in [0.4, 0.5) is 0 Å². The lowest BCUT2D eigenvalue weighted by Gasteiger charge is -2.12. The van der Waals surface area contributed by atoms with Gasteiger partial charge in [0.1, 0.15) is 0 Å². The number of fused-ring (bicyclic) bond motifs is 6. The third-order valence-electron chi connectivity index (χ3n) is 6.97. The number of nitrogens with zero attached hydrogens (tertiary/aromatic N) is 6. The van der Waals surface area contributed by atoms with E-state index in [-0.39, 0.29) is 0 Å². The zero-order valence-electron chi connectivity index (χ0n) is 46.7. The van der Waals surface area contributed by atoms with Crippen molar-refractivity contribution >= 4 is 43.6 Å². The van der Waals surface area contributed by atoms with Crippen molar-refractivity contribution < 1.29 is 32.9 Å². The van der Waals surface area contributed by atoms with Crippen molar-refractivity contribution in [1.29, 1.82) is 5.26 Å². The summed E-state index contributed by atoms with van der Waals surface area (Å²) in [6, 6.07) is -19.0. The third kappa shape index (κ3) is 3.93. The van der Waals surface area contributed by atoms with Gasteiger partial charge in [-0.1, -0.05) is 90.6 Å². The summed E-state index contributed by atoms with van der Waals surface area (Å²) in [6.07, 6.45) is 0. The molecule has 0 N–H and O–H groups in total. The summed E-state index contributed by atoms with van der Waals surface area (Å²) in [6.45, 7) is 0. The van der Waals surface area contributed by atoms with E-state index in [0.717, 1.165) is 9.13 Å². The number of hydrogen-bond acceptors (Lipinski definition) is 4. The first-order chi connectivity index (χ1) is 32.8. The zero-order valence-corrected chi connectivity index (χ0v) is 22.7. The highest BCUT2D eigenvalue weighted by atomic mass is 15.2. The molecule has 6 nitrogen and oxygen atoms in total. The number of nitriles is 1. The average Bonchev–Trinajstić information content (AvgIpc) is 3.88. The topological polar surface area (TPSA) is 72.3 Å². The van der Waals surface area contributed by atoms with E-state index in [1.165, 1.54) is 0 Å². The van der Waals surface area contributed by atoms with Crippen LogP contribution in [0.1, 0.15) is 38.5 Å². The van der Waals surface area contributed by atoms with Crippen molar-refractivity contribution in [3.63, 3.8) is 0 Å². The summed E-state index contributed by atoms with van der Waals surface area (Å²) >= 11 is 0. The second kappa shape index (κ2) is 10.3. The van der Waals surface area contributed by atoms with Crippen LogP contribution in [0.2, 0.25) is 0 Å². The molecule has 0 saturated heterocycles. The Labute approximate surface area is 297 Å². The molecule has 3 heterocycles. The molecule has 0 aliphatic heterocycles. The van der Waals surface area contributed by atoms with Gasteiger partial charge < -0.3 is 4.57 Å². The fourth-order valence-corrected chi connectivity index (χ4v) is 5.08. The maximum absolute atomic E-state index is 10.3. The third-order valence-corrected chi connectivity index (χ3v) is 6.97. The summed E-state index contributed by atoms with van der Waals surface area (Å²) < 4.78 is 212. The van der Waals surface area contributed by atoms with Gasteiger partial charge in [-0.25, -0.2) is 4.98 Å². The predicted molar refractivity (Wildman–Crippen MR) is 184 cm³/mol. The molecule has 0 unspecified atom stereocenters. The Hall–Kier alpha value is -6.58. The van der Waals surface area contributed by atoms with Crippen LogP contribution in [0.3, 0.4) is 0 Å². The molecule has 6 aromatic carbocycles. The summed E-state index contributed by atoms with van der Waals surface area (Å²) in [5, 5.41) is 8.53. The van der Waals surface area contributed by atoms with Crippen LogP contribution < -0.4 is 0 Å². The number of para-hydroxylation sites is 3. The zero-order chi connectivity index (χ0) is 51.5. The molecule has 0 radical (unpaired) electrons. The molecule has 0 spiro atoms. The molecule has 0 amide bonds. The highest BCUT2D eigenvalue weighted by molar-refractivity contribution is 6.12. The molecule has 3 aromatic heterocycles. The van der Waals surface area contributed by atoms with Crippen molar-refractivity contribution in [2.75, 3.05) is 0 Å². The fraction of sp³-hybridized carbons (Fsp3) is 0. The first-order valence-corrected chi connectivity index (χ1v) is 13.2. The number of hydrogen-bond donors (Lipinski definition) is 0. The van der Waals surface area contributed by atoms with Crippen LogP contribution in [0.25, 0.3) is 78.0 Å². The van der Waals surface area contributed by atoms with Gasteiger partial charge in [0.25, 0.3) is 0 Å². The molecule has 0 bridgehead atoms. The Morgan fingerprint density at radius 3 is 1.63 bits per heavy atom. The molecular weight excluding hydrogens is 564 g/mol. The largest absolute Gasteiger partial charge is 0.309 e. The van der Waals surface area contributed by atoms with Gasteiger partial charge in [0, 0.05) is 38.4 Å². The van der Waals surface area contributed by atoms with Gasteiger partial charge in [0.15, 0.2) is 11.6 Å². The first-order valence-electron chi connectivity index (χ1n) is 25.2. The average molecular weight is 613 g/mol. The highest BCUT2D eigenvalue weighted by Crippen LogP contribution is 2.35. The molecule has 0 saturated carbocycles. The quantitative estimate of drug-likeness (QED) is 0.199. The molecule has 6 heteroatoms. The van der Waals surface area contributed by atoms with Crippen LogP contribution in [-0.4, -0.2) is 24.1 Å². The summed E-state index contributed by atoms with van der Waals surface area (Å²) in [5.74, 6) is -2.56. The lowest BCUT2D eigenvalue weighted by molar-refractivity contribution is 0.953. The fourth-order valence-electron chi connectivity index (χ4n) is 5.08. The number of aromatic nitrogens is 5. The Morgan fingerprint density at radius 1 is 0.478 bits per heavy atom. The van der Waals surface area contributed by atoms with Crippen LogP contribution in [0.5, 0.6) is 0 Å². The van der Waals surface area contributed by atoms with Gasteiger partial charge in [-0.2, -0.15) is 15.2 Å². The van der Waals surface area contributed by atoms with E-state index in [1.54, 1.807) is 6.07 Å². The van der Waals surface area contributed by atoms with Crippen molar-refractivity contribution in [3.8, 4) is 40.5 Å². The highest BCUT2D eigenvalue weighted by Gasteiger charge is 2.19.